The number of aliphatic hydroxyl groups excluding tert-OH is 1. The van der Waals surface area contributed by atoms with Crippen LogP contribution >= 0.6 is 23.8 Å². The molecule has 0 heterocycles. The summed E-state index contributed by atoms with van der Waals surface area (Å²) in [5.74, 6) is 0. The van der Waals surface area contributed by atoms with Crippen LogP contribution in [-0.4, -0.2) is 28.3 Å². The first-order valence-electron chi connectivity index (χ1n) is 7.08. The third-order valence-electron chi connectivity index (χ3n) is 3.53. The quantitative estimate of drug-likeness (QED) is 0.797. The summed E-state index contributed by atoms with van der Waals surface area (Å²) in [5.41, 5.74) is 8.11. The van der Waals surface area contributed by atoms with E-state index in [4.69, 9.17) is 29.6 Å². The van der Waals surface area contributed by atoms with E-state index in [0.29, 0.717) is 11.6 Å². The van der Waals surface area contributed by atoms with Gasteiger partial charge in [0.1, 0.15) is 0 Å². The molecule has 0 fully saturated rings. The maximum absolute atomic E-state index is 9.31. The Kier molecular flexibility index (Phi) is 6.19. The molecular formula is C17H19ClN2OS. The van der Waals surface area contributed by atoms with Crippen LogP contribution in [0.15, 0.2) is 54.6 Å². The number of hydrogen-bond donors (Lipinski definition) is 2. The van der Waals surface area contributed by atoms with Crippen molar-refractivity contribution in [3.8, 4) is 0 Å². The number of hydrogen-bond acceptors (Lipinski definition) is 2. The standard InChI is InChI=1S/C17H19ClN2OS/c18-15-8-6-14(7-9-15)16(20(10-11-21)17(19)22)12-13-4-2-1-3-5-13/h1-9,16,21H,10-12H2,(H2,19,22). The molecule has 116 valence electrons. The summed E-state index contributed by atoms with van der Waals surface area (Å²) in [6.07, 6.45) is 0.750. The third kappa shape index (κ3) is 4.44. The van der Waals surface area contributed by atoms with Crippen LogP contribution in [0.4, 0.5) is 0 Å². The Hall–Kier alpha value is -1.62. The van der Waals surface area contributed by atoms with Crippen molar-refractivity contribution in [2.75, 3.05) is 13.2 Å². The van der Waals surface area contributed by atoms with Gasteiger partial charge in [-0.05, 0) is 41.9 Å². The van der Waals surface area contributed by atoms with Crippen LogP contribution in [0.5, 0.6) is 0 Å². The van der Waals surface area contributed by atoms with Gasteiger partial charge < -0.3 is 15.7 Å². The Morgan fingerprint density at radius 3 is 2.32 bits per heavy atom. The van der Waals surface area contributed by atoms with Gasteiger partial charge in [-0.1, -0.05) is 54.1 Å². The number of rotatable bonds is 6. The zero-order chi connectivity index (χ0) is 15.9. The molecule has 2 aromatic carbocycles. The van der Waals surface area contributed by atoms with Crippen molar-refractivity contribution >= 4 is 28.9 Å². The van der Waals surface area contributed by atoms with E-state index in [9.17, 15) is 5.11 Å². The van der Waals surface area contributed by atoms with Crippen molar-refractivity contribution in [3.05, 3.63) is 70.7 Å². The Morgan fingerprint density at radius 1 is 1.14 bits per heavy atom. The van der Waals surface area contributed by atoms with Crippen molar-refractivity contribution in [2.24, 2.45) is 5.73 Å². The minimum atomic E-state index is -0.0377. The predicted molar refractivity (Wildman–Crippen MR) is 94.9 cm³/mol. The summed E-state index contributed by atoms with van der Waals surface area (Å²) in [6, 6.07) is 17.7. The summed E-state index contributed by atoms with van der Waals surface area (Å²) in [6.45, 7) is 0.395. The second kappa shape index (κ2) is 8.13. The highest BCUT2D eigenvalue weighted by Crippen LogP contribution is 2.26. The van der Waals surface area contributed by atoms with Crippen LogP contribution in [0.2, 0.25) is 5.02 Å². The average molecular weight is 335 g/mol. The Labute approximate surface area is 141 Å². The molecule has 5 heteroatoms. The summed E-state index contributed by atoms with van der Waals surface area (Å²) < 4.78 is 0. The lowest BCUT2D eigenvalue weighted by molar-refractivity contribution is 0.219. The monoisotopic (exact) mass is 334 g/mol. The largest absolute Gasteiger partial charge is 0.395 e. The number of nitrogens with two attached hydrogens (primary N) is 1. The normalized spacial score (nSPS) is 11.9. The van der Waals surface area contributed by atoms with E-state index in [-0.39, 0.29) is 17.8 Å². The molecular weight excluding hydrogens is 316 g/mol. The molecule has 0 saturated carbocycles. The first-order chi connectivity index (χ1) is 10.6. The first-order valence-corrected chi connectivity index (χ1v) is 7.86. The van der Waals surface area contributed by atoms with Gasteiger partial charge in [-0.3, -0.25) is 0 Å². The Morgan fingerprint density at radius 2 is 1.77 bits per heavy atom. The van der Waals surface area contributed by atoms with Crippen LogP contribution < -0.4 is 5.73 Å². The Bertz CT molecular complexity index is 604. The van der Waals surface area contributed by atoms with E-state index in [0.717, 1.165) is 12.0 Å². The highest BCUT2D eigenvalue weighted by Gasteiger charge is 2.21. The SMILES string of the molecule is NC(=S)N(CCO)C(Cc1ccccc1)c1ccc(Cl)cc1. The molecule has 22 heavy (non-hydrogen) atoms. The molecule has 0 spiro atoms. The smallest absolute Gasteiger partial charge is 0.166 e. The lowest BCUT2D eigenvalue weighted by Gasteiger charge is -2.32. The van der Waals surface area contributed by atoms with Crippen LogP contribution in [0, 0.1) is 0 Å². The molecule has 0 aromatic heterocycles. The zero-order valence-electron chi connectivity index (χ0n) is 12.2. The lowest BCUT2D eigenvalue weighted by atomic mass is 9.97. The first kappa shape index (κ1) is 16.7. The van der Waals surface area contributed by atoms with Gasteiger partial charge in [-0.15, -0.1) is 0 Å². The summed E-state index contributed by atoms with van der Waals surface area (Å²) in [5, 5.41) is 10.3. The van der Waals surface area contributed by atoms with Crippen LogP contribution in [0.3, 0.4) is 0 Å². The minimum Gasteiger partial charge on any atom is -0.395 e. The van der Waals surface area contributed by atoms with Gasteiger partial charge in [0.25, 0.3) is 0 Å². The second-order valence-electron chi connectivity index (χ2n) is 5.01. The molecule has 0 saturated heterocycles. The fourth-order valence-corrected chi connectivity index (χ4v) is 2.80. The molecule has 0 radical (unpaired) electrons. The number of thiocarbonyl (C=S) groups is 1. The van der Waals surface area contributed by atoms with E-state index in [1.807, 2.05) is 47.4 Å². The molecule has 1 unspecified atom stereocenters. The fourth-order valence-electron chi connectivity index (χ4n) is 2.46. The number of benzene rings is 2. The van der Waals surface area contributed by atoms with Crippen LogP contribution in [0.25, 0.3) is 0 Å². The van der Waals surface area contributed by atoms with E-state index in [1.54, 1.807) is 0 Å². The fraction of sp³-hybridized carbons (Fsp3) is 0.235. The van der Waals surface area contributed by atoms with Crippen molar-refractivity contribution in [1.82, 2.24) is 4.90 Å². The maximum Gasteiger partial charge on any atom is 0.166 e. The van der Waals surface area contributed by atoms with Crippen LogP contribution in [-0.2, 0) is 6.42 Å². The average Bonchev–Trinajstić information content (AvgIpc) is 2.52. The van der Waals surface area contributed by atoms with Gasteiger partial charge >= 0.3 is 0 Å². The van der Waals surface area contributed by atoms with Gasteiger partial charge in [-0.25, -0.2) is 0 Å². The highest BCUT2D eigenvalue weighted by molar-refractivity contribution is 7.80. The van der Waals surface area contributed by atoms with Crippen molar-refractivity contribution < 1.29 is 5.11 Å². The topological polar surface area (TPSA) is 49.5 Å². The summed E-state index contributed by atoms with van der Waals surface area (Å²) in [4.78, 5) is 1.85. The zero-order valence-corrected chi connectivity index (χ0v) is 13.7. The lowest BCUT2D eigenvalue weighted by Crippen LogP contribution is -2.41. The molecule has 0 aliphatic rings. The van der Waals surface area contributed by atoms with Crippen molar-refractivity contribution in [3.63, 3.8) is 0 Å². The minimum absolute atomic E-state index is 0.00375. The second-order valence-corrected chi connectivity index (χ2v) is 5.87. The van der Waals surface area contributed by atoms with Crippen LogP contribution in [0.1, 0.15) is 17.2 Å². The summed E-state index contributed by atoms with van der Waals surface area (Å²) >= 11 is 11.1. The molecule has 0 bridgehead atoms. The molecule has 0 amide bonds. The highest BCUT2D eigenvalue weighted by atomic mass is 35.5. The molecule has 2 rings (SSSR count). The van der Waals surface area contributed by atoms with E-state index < -0.39 is 0 Å². The van der Waals surface area contributed by atoms with Gasteiger partial charge in [0.15, 0.2) is 5.11 Å². The molecule has 0 aliphatic carbocycles. The molecule has 3 nitrogen and oxygen atoms in total. The van der Waals surface area contributed by atoms with E-state index >= 15 is 0 Å². The van der Waals surface area contributed by atoms with E-state index in [1.165, 1.54) is 5.56 Å². The summed E-state index contributed by atoms with van der Waals surface area (Å²) in [7, 11) is 0. The van der Waals surface area contributed by atoms with Gasteiger partial charge in [0.2, 0.25) is 0 Å². The molecule has 0 aliphatic heterocycles. The Balaban J connectivity index is 2.34. The maximum atomic E-state index is 9.31. The number of nitrogens with zero attached hydrogens (tertiary/aromatic N) is 1. The molecule has 2 aromatic rings. The van der Waals surface area contributed by atoms with Gasteiger partial charge in [-0.2, -0.15) is 0 Å². The van der Waals surface area contributed by atoms with E-state index in [2.05, 4.69) is 12.1 Å². The van der Waals surface area contributed by atoms with Crippen molar-refractivity contribution in [1.29, 1.82) is 0 Å². The molecule has 1 atom stereocenters. The molecule has 3 N–H and O–H groups in total. The van der Waals surface area contributed by atoms with Gasteiger partial charge in [0.05, 0.1) is 12.6 Å². The van der Waals surface area contributed by atoms with Gasteiger partial charge in [0, 0.05) is 11.6 Å². The predicted octanol–water partition coefficient (Wildman–Crippen LogP) is 3.16. The van der Waals surface area contributed by atoms with Crippen molar-refractivity contribution in [2.45, 2.75) is 12.5 Å². The number of aliphatic hydroxyl groups is 1. The third-order valence-corrected chi connectivity index (χ3v) is 4.01. The number of halogens is 1.